The lowest BCUT2D eigenvalue weighted by molar-refractivity contribution is -0.137. The van der Waals surface area contributed by atoms with Crippen molar-refractivity contribution in [1.29, 1.82) is 0 Å². The number of carbonyl (C=O) groups is 2. The Balaban J connectivity index is 0.00000441. The molecule has 0 saturated carbocycles. The molecule has 0 bridgehead atoms. The number of aliphatic carboxylic acids is 1. The van der Waals surface area contributed by atoms with E-state index in [2.05, 4.69) is 5.32 Å². The summed E-state index contributed by atoms with van der Waals surface area (Å²) in [5.74, 6) is -0.398. The standard InChI is InChI=1S/C14H19ClN2O4.ClH/c1-17(7-5-14(19)20)10-13(18)16-6-8-21-12-4-2-3-11(15)9-12;/h2-4,9H,5-8,10H2,1H3,(H,16,18)(H,19,20);1H. The van der Waals surface area contributed by atoms with Crippen LogP contribution in [0.25, 0.3) is 0 Å². The predicted molar refractivity (Wildman–Crippen MR) is 87.0 cm³/mol. The van der Waals surface area contributed by atoms with Gasteiger partial charge in [-0.15, -0.1) is 12.4 Å². The molecular formula is C14H20Cl2N2O4. The molecule has 0 aliphatic heterocycles. The van der Waals surface area contributed by atoms with Gasteiger partial charge in [-0.05, 0) is 25.2 Å². The lowest BCUT2D eigenvalue weighted by Crippen LogP contribution is -2.37. The normalized spacial score (nSPS) is 9.95. The molecular weight excluding hydrogens is 331 g/mol. The molecule has 0 aliphatic rings. The summed E-state index contributed by atoms with van der Waals surface area (Å²) in [6.45, 7) is 1.20. The van der Waals surface area contributed by atoms with Gasteiger partial charge < -0.3 is 15.2 Å². The van der Waals surface area contributed by atoms with Gasteiger partial charge in [0.25, 0.3) is 0 Å². The number of ether oxygens (including phenoxy) is 1. The first-order valence-corrected chi connectivity index (χ1v) is 6.90. The number of amides is 1. The van der Waals surface area contributed by atoms with Crippen LogP contribution in [0, 0.1) is 0 Å². The van der Waals surface area contributed by atoms with Crippen LogP contribution in [0.15, 0.2) is 24.3 Å². The highest BCUT2D eigenvalue weighted by molar-refractivity contribution is 6.30. The minimum absolute atomic E-state index is 0. The highest BCUT2D eigenvalue weighted by atomic mass is 35.5. The molecule has 1 aromatic rings. The second-order valence-corrected chi connectivity index (χ2v) is 4.97. The molecule has 6 nitrogen and oxygen atoms in total. The van der Waals surface area contributed by atoms with E-state index in [1.807, 2.05) is 0 Å². The zero-order chi connectivity index (χ0) is 15.7. The average molecular weight is 351 g/mol. The fraction of sp³-hybridized carbons (Fsp3) is 0.429. The quantitative estimate of drug-likeness (QED) is 0.662. The van der Waals surface area contributed by atoms with E-state index in [1.54, 1.807) is 36.2 Å². The molecule has 1 amide bonds. The van der Waals surface area contributed by atoms with Crippen LogP contribution in [0.2, 0.25) is 5.02 Å². The monoisotopic (exact) mass is 350 g/mol. The maximum absolute atomic E-state index is 11.6. The maximum Gasteiger partial charge on any atom is 0.304 e. The molecule has 0 heterocycles. The summed E-state index contributed by atoms with van der Waals surface area (Å²) in [6.07, 6.45) is 0.0155. The van der Waals surface area contributed by atoms with Gasteiger partial charge in [-0.1, -0.05) is 17.7 Å². The van der Waals surface area contributed by atoms with Crippen LogP contribution in [0.1, 0.15) is 6.42 Å². The van der Waals surface area contributed by atoms with Gasteiger partial charge in [-0.2, -0.15) is 0 Å². The van der Waals surface area contributed by atoms with Crippen molar-refractivity contribution in [3.8, 4) is 5.75 Å². The van der Waals surface area contributed by atoms with Crippen molar-refractivity contribution in [1.82, 2.24) is 10.2 Å². The smallest absolute Gasteiger partial charge is 0.304 e. The molecule has 0 aliphatic carbocycles. The minimum Gasteiger partial charge on any atom is -0.492 e. The van der Waals surface area contributed by atoms with Gasteiger partial charge >= 0.3 is 5.97 Å². The van der Waals surface area contributed by atoms with Crippen molar-refractivity contribution in [3.63, 3.8) is 0 Å². The van der Waals surface area contributed by atoms with E-state index in [0.29, 0.717) is 30.5 Å². The maximum atomic E-state index is 11.6. The van der Waals surface area contributed by atoms with Gasteiger partial charge in [-0.25, -0.2) is 0 Å². The van der Waals surface area contributed by atoms with E-state index >= 15 is 0 Å². The number of benzene rings is 1. The summed E-state index contributed by atoms with van der Waals surface area (Å²) in [4.78, 5) is 23.6. The summed E-state index contributed by atoms with van der Waals surface area (Å²) in [7, 11) is 1.70. The molecule has 0 radical (unpaired) electrons. The van der Waals surface area contributed by atoms with Crippen LogP contribution < -0.4 is 10.1 Å². The molecule has 0 spiro atoms. The molecule has 0 fully saturated rings. The van der Waals surface area contributed by atoms with E-state index in [4.69, 9.17) is 21.4 Å². The number of halogens is 2. The number of hydrogen-bond acceptors (Lipinski definition) is 4. The van der Waals surface area contributed by atoms with E-state index in [0.717, 1.165) is 0 Å². The molecule has 124 valence electrons. The Kier molecular flexibility index (Phi) is 10.4. The third kappa shape index (κ3) is 9.44. The first kappa shape index (κ1) is 20.5. The van der Waals surface area contributed by atoms with E-state index in [-0.39, 0.29) is 31.3 Å². The molecule has 22 heavy (non-hydrogen) atoms. The highest BCUT2D eigenvalue weighted by Crippen LogP contribution is 2.16. The van der Waals surface area contributed by atoms with Crippen molar-refractivity contribution >= 4 is 35.9 Å². The van der Waals surface area contributed by atoms with Crippen LogP contribution in [0.5, 0.6) is 5.75 Å². The zero-order valence-corrected chi connectivity index (χ0v) is 13.8. The number of nitrogens with zero attached hydrogens (tertiary/aromatic N) is 1. The minimum atomic E-state index is -0.878. The largest absolute Gasteiger partial charge is 0.492 e. The van der Waals surface area contributed by atoms with Gasteiger partial charge in [0.05, 0.1) is 19.5 Å². The van der Waals surface area contributed by atoms with Crippen molar-refractivity contribution in [2.75, 3.05) is 33.3 Å². The van der Waals surface area contributed by atoms with Crippen LogP contribution >= 0.6 is 24.0 Å². The van der Waals surface area contributed by atoms with Crippen LogP contribution in [-0.4, -0.2) is 55.2 Å². The van der Waals surface area contributed by atoms with Crippen molar-refractivity contribution < 1.29 is 19.4 Å². The van der Waals surface area contributed by atoms with Gasteiger partial charge in [0, 0.05) is 11.6 Å². The number of carboxylic acid groups (broad SMARTS) is 1. The fourth-order valence-corrected chi connectivity index (χ4v) is 1.76. The van der Waals surface area contributed by atoms with Gasteiger partial charge in [0.2, 0.25) is 5.91 Å². The Morgan fingerprint density at radius 3 is 2.77 bits per heavy atom. The van der Waals surface area contributed by atoms with Gasteiger partial charge in [0.1, 0.15) is 12.4 Å². The van der Waals surface area contributed by atoms with Crippen LogP contribution in [0.3, 0.4) is 0 Å². The number of carbonyl (C=O) groups excluding carboxylic acids is 1. The number of carboxylic acids is 1. The van der Waals surface area contributed by atoms with Crippen LogP contribution in [-0.2, 0) is 9.59 Å². The Morgan fingerprint density at radius 2 is 2.14 bits per heavy atom. The summed E-state index contributed by atoms with van der Waals surface area (Å²) in [5, 5.41) is 11.8. The SMILES string of the molecule is CN(CCC(=O)O)CC(=O)NCCOc1cccc(Cl)c1.Cl. The second kappa shape index (κ2) is 11.1. The van der Waals surface area contributed by atoms with Crippen molar-refractivity contribution in [3.05, 3.63) is 29.3 Å². The number of hydrogen-bond donors (Lipinski definition) is 2. The molecule has 0 saturated heterocycles. The molecule has 0 aromatic heterocycles. The molecule has 1 aromatic carbocycles. The zero-order valence-electron chi connectivity index (χ0n) is 12.3. The summed E-state index contributed by atoms with van der Waals surface area (Å²) in [5.41, 5.74) is 0. The molecule has 0 unspecified atom stereocenters. The summed E-state index contributed by atoms with van der Waals surface area (Å²) < 4.78 is 5.43. The number of rotatable bonds is 9. The van der Waals surface area contributed by atoms with Crippen LogP contribution in [0.4, 0.5) is 0 Å². The Labute approximate surface area is 140 Å². The van der Waals surface area contributed by atoms with Crippen molar-refractivity contribution in [2.24, 2.45) is 0 Å². The average Bonchev–Trinajstić information content (AvgIpc) is 2.41. The Hall–Kier alpha value is -1.50. The number of nitrogens with one attached hydrogen (secondary N) is 1. The predicted octanol–water partition coefficient (Wildman–Crippen LogP) is 1.66. The first-order valence-electron chi connectivity index (χ1n) is 6.53. The third-order valence-electron chi connectivity index (χ3n) is 2.61. The third-order valence-corrected chi connectivity index (χ3v) is 2.85. The molecule has 1 rings (SSSR count). The fourth-order valence-electron chi connectivity index (χ4n) is 1.58. The highest BCUT2D eigenvalue weighted by Gasteiger charge is 2.07. The second-order valence-electron chi connectivity index (χ2n) is 4.54. The van der Waals surface area contributed by atoms with Gasteiger partial charge in [-0.3, -0.25) is 14.5 Å². The lowest BCUT2D eigenvalue weighted by atomic mass is 10.3. The molecule has 2 N–H and O–H groups in total. The van der Waals surface area contributed by atoms with E-state index in [1.165, 1.54) is 0 Å². The van der Waals surface area contributed by atoms with E-state index in [9.17, 15) is 9.59 Å². The van der Waals surface area contributed by atoms with E-state index < -0.39 is 5.97 Å². The van der Waals surface area contributed by atoms with Crippen molar-refractivity contribution in [2.45, 2.75) is 6.42 Å². The molecule has 0 atom stereocenters. The Morgan fingerprint density at radius 1 is 1.41 bits per heavy atom. The topological polar surface area (TPSA) is 78.9 Å². The molecule has 8 heteroatoms. The summed E-state index contributed by atoms with van der Waals surface area (Å²) >= 11 is 5.82. The summed E-state index contributed by atoms with van der Waals surface area (Å²) in [6, 6.07) is 7.02. The lowest BCUT2D eigenvalue weighted by Gasteiger charge is -2.15. The first-order chi connectivity index (χ1) is 9.97. The Bertz CT molecular complexity index is 486. The van der Waals surface area contributed by atoms with Gasteiger partial charge in [0.15, 0.2) is 0 Å². The number of likely N-dealkylation sites (N-methyl/N-ethyl adjacent to an activating group) is 1.